The highest BCUT2D eigenvalue weighted by molar-refractivity contribution is 6.00. The zero-order valence-electron chi connectivity index (χ0n) is 14.7. The molecule has 26 heavy (non-hydrogen) atoms. The highest BCUT2D eigenvalue weighted by Crippen LogP contribution is 2.07. The van der Waals surface area contributed by atoms with E-state index in [-0.39, 0.29) is 12.4 Å². The number of carbonyl (C=O) groups is 3. The maximum Gasteiger partial charge on any atom is 0.408 e. The number of esters is 1. The van der Waals surface area contributed by atoms with Crippen molar-refractivity contribution in [2.45, 2.75) is 32.6 Å². The molecule has 6 heteroatoms. The summed E-state index contributed by atoms with van der Waals surface area (Å²) >= 11 is 0. The van der Waals surface area contributed by atoms with Gasteiger partial charge >= 0.3 is 12.1 Å². The summed E-state index contributed by atoms with van der Waals surface area (Å²) in [5.74, 6) is -1.02. The van der Waals surface area contributed by atoms with Gasteiger partial charge in [0.25, 0.3) is 0 Å². The Morgan fingerprint density at radius 2 is 1.50 bits per heavy atom. The molecule has 1 N–H and O–H groups in total. The highest BCUT2D eigenvalue weighted by Gasteiger charge is 2.24. The number of ketones is 1. The van der Waals surface area contributed by atoms with E-state index in [4.69, 9.17) is 9.47 Å². The summed E-state index contributed by atoms with van der Waals surface area (Å²) in [5.41, 5.74) is 1.29. The van der Waals surface area contributed by atoms with Gasteiger partial charge in [0.1, 0.15) is 12.6 Å². The zero-order chi connectivity index (χ0) is 18.9. The molecule has 2 atom stereocenters. The Balaban J connectivity index is 1.79. The lowest BCUT2D eigenvalue weighted by Crippen LogP contribution is -2.41. The SMILES string of the molecule is C[C@H](NC(=O)OCc1ccccc1)C(=O)O[C@@H](C)C(=O)c1ccccc1. The summed E-state index contributed by atoms with van der Waals surface area (Å²) in [6, 6.07) is 16.8. The number of carbonyl (C=O) groups excluding carboxylic acids is 3. The number of ether oxygens (including phenoxy) is 2. The summed E-state index contributed by atoms with van der Waals surface area (Å²) in [4.78, 5) is 36.0. The fourth-order valence-corrected chi connectivity index (χ4v) is 2.17. The van der Waals surface area contributed by atoms with E-state index in [1.54, 1.807) is 30.3 Å². The monoisotopic (exact) mass is 355 g/mol. The average molecular weight is 355 g/mol. The smallest absolute Gasteiger partial charge is 0.408 e. The van der Waals surface area contributed by atoms with Crippen molar-refractivity contribution >= 4 is 17.8 Å². The van der Waals surface area contributed by atoms with Gasteiger partial charge in [-0.2, -0.15) is 0 Å². The average Bonchev–Trinajstić information content (AvgIpc) is 2.67. The van der Waals surface area contributed by atoms with Gasteiger partial charge in [-0.3, -0.25) is 4.79 Å². The highest BCUT2D eigenvalue weighted by atomic mass is 16.6. The number of Topliss-reactive ketones (excluding diaryl/α,β-unsaturated/α-hetero) is 1. The van der Waals surface area contributed by atoms with E-state index in [1.165, 1.54) is 13.8 Å². The predicted octanol–water partition coefficient (Wildman–Crippen LogP) is 3.12. The van der Waals surface area contributed by atoms with E-state index in [0.717, 1.165) is 5.56 Å². The molecule has 0 fully saturated rings. The van der Waals surface area contributed by atoms with Crippen LogP contribution in [0.4, 0.5) is 4.79 Å². The van der Waals surface area contributed by atoms with Crippen LogP contribution in [0, 0.1) is 0 Å². The molecule has 0 heterocycles. The largest absolute Gasteiger partial charge is 0.453 e. The van der Waals surface area contributed by atoms with Crippen LogP contribution in [0.1, 0.15) is 29.8 Å². The van der Waals surface area contributed by atoms with Crippen LogP contribution in [0.5, 0.6) is 0 Å². The Kier molecular flexibility index (Phi) is 6.91. The van der Waals surface area contributed by atoms with Gasteiger partial charge in [0.05, 0.1) is 0 Å². The number of hydrogen-bond acceptors (Lipinski definition) is 5. The standard InChI is InChI=1S/C20H21NO5/c1-14(21-20(24)25-13-16-9-5-3-6-10-16)19(23)26-15(2)18(22)17-11-7-4-8-12-17/h3-12,14-15H,13H2,1-2H3,(H,21,24)/t14-,15-/m0/s1. The first-order valence-electron chi connectivity index (χ1n) is 8.24. The summed E-state index contributed by atoms with van der Waals surface area (Å²) < 4.78 is 10.2. The molecule has 0 saturated carbocycles. The fourth-order valence-electron chi connectivity index (χ4n) is 2.17. The number of amides is 1. The van der Waals surface area contributed by atoms with E-state index < -0.39 is 24.2 Å². The molecule has 0 aliphatic heterocycles. The summed E-state index contributed by atoms with van der Waals surface area (Å²) in [6.07, 6.45) is -1.69. The minimum Gasteiger partial charge on any atom is -0.453 e. The third-order valence-electron chi connectivity index (χ3n) is 3.62. The van der Waals surface area contributed by atoms with Crippen LogP contribution in [0.15, 0.2) is 60.7 Å². The third kappa shape index (κ3) is 5.73. The molecular weight excluding hydrogens is 334 g/mol. The quantitative estimate of drug-likeness (QED) is 0.610. The normalized spacial score (nSPS) is 12.5. The molecule has 0 saturated heterocycles. The maximum absolute atomic E-state index is 12.2. The molecule has 2 rings (SSSR count). The first-order chi connectivity index (χ1) is 12.5. The third-order valence-corrected chi connectivity index (χ3v) is 3.62. The van der Waals surface area contributed by atoms with Crippen LogP contribution in [0.2, 0.25) is 0 Å². The molecule has 0 unspecified atom stereocenters. The Morgan fingerprint density at radius 3 is 2.12 bits per heavy atom. The first-order valence-corrected chi connectivity index (χ1v) is 8.24. The molecule has 0 spiro atoms. The number of benzene rings is 2. The zero-order valence-corrected chi connectivity index (χ0v) is 14.7. The fraction of sp³-hybridized carbons (Fsp3) is 0.250. The second-order valence-electron chi connectivity index (χ2n) is 5.74. The second-order valence-corrected chi connectivity index (χ2v) is 5.74. The number of rotatable bonds is 7. The van der Waals surface area contributed by atoms with Gasteiger partial charge in [-0.1, -0.05) is 60.7 Å². The van der Waals surface area contributed by atoms with Gasteiger partial charge in [0, 0.05) is 5.56 Å². The molecule has 0 aliphatic carbocycles. The van der Waals surface area contributed by atoms with Crippen molar-refractivity contribution in [3.63, 3.8) is 0 Å². The Morgan fingerprint density at radius 1 is 0.923 bits per heavy atom. The molecule has 0 radical (unpaired) electrons. The van der Waals surface area contributed by atoms with Crippen molar-refractivity contribution in [3.8, 4) is 0 Å². The minimum atomic E-state index is -0.950. The van der Waals surface area contributed by atoms with Crippen molar-refractivity contribution in [1.82, 2.24) is 5.32 Å². The van der Waals surface area contributed by atoms with Gasteiger partial charge in [-0.25, -0.2) is 9.59 Å². The van der Waals surface area contributed by atoms with E-state index in [9.17, 15) is 14.4 Å². The Labute approximate surface area is 152 Å². The van der Waals surface area contributed by atoms with Crippen LogP contribution in [-0.2, 0) is 20.9 Å². The van der Waals surface area contributed by atoms with E-state index in [2.05, 4.69) is 5.32 Å². The van der Waals surface area contributed by atoms with E-state index in [1.807, 2.05) is 30.3 Å². The molecule has 0 aromatic heterocycles. The maximum atomic E-state index is 12.2. The van der Waals surface area contributed by atoms with Crippen molar-refractivity contribution in [2.24, 2.45) is 0 Å². The molecule has 2 aromatic rings. The van der Waals surface area contributed by atoms with Gasteiger partial charge in [-0.15, -0.1) is 0 Å². The van der Waals surface area contributed by atoms with Crippen LogP contribution in [-0.4, -0.2) is 30.0 Å². The molecule has 136 valence electrons. The van der Waals surface area contributed by atoms with Gasteiger partial charge in [0.15, 0.2) is 6.10 Å². The first kappa shape index (κ1) is 19.2. The number of alkyl carbamates (subject to hydrolysis) is 1. The number of hydrogen-bond donors (Lipinski definition) is 1. The summed E-state index contributed by atoms with van der Waals surface area (Å²) in [6.45, 7) is 3.05. The second kappa shape index (κ2) is 9.36. The molecular formula is C20H21NO5. The Bertz CT molecular complexity index is 745. The van der Waals surface area contributed by atoms with Gasteiger partial charge in [-0.05, 0) is 19.4 Å². The number of nitrogens with one attached hydrogen (secondary N) is 1. The summed E-state index contributed by atoms with van der Waals surface area (Å²) in [7, 11) is 0. The van der Waals surface area contributed by atoms with Crippen LogP contribution in [0.25, 0.3) is 0 Å². The lowest BCUT2D eigenvalue weighted by molar-refractivity contribution is -0.148. The van der Waals surface area contributed by atoms with Crippen LogP contribution in [0.3, 0.4) is 0 Å². The Hall–Kier alpha value is -3.15. The van der Waals surface area contributed by atoms with Crippen molar-refractivity contribution in [1.29, 1.82) is 0 Å². The molecule has 0 aliphatic rings. The van der Waals surface area contributed by atoms with Crippen LogP contribution < -0.4 is 5.32 Å². The molecule has 0 bridgehead atoms. The summed E-state index contributed by atoms with van der Waals surface area (Å²) in [5, 5.41) is 2.39. The van der Waals surface area contributed by atoms with Gasteiger partial charge < -0.3 is 14.8 Å². The molecule has 6 nitrogen and oxygen atoms in total. The van der Waals surface area contributed by atoms with Gasteiger partial charge in [0.2, 0.25) is 5.78 Å². The van der Waals surface area contributed by atoms with Crippen molar-refractivity contribution in [2.75, 3.05) is 0 Å². The van der Waals surface area contributed by atoms with Crippen LogP contribution >= 0.6 is 0 Å². The topological polar surface area (TPSA) is 81.7 Å². The van der Waals surface area contributed by atoms with Crippen molar-refractivity contribution in [3.05, 3.63) is 71.8 Å². The van der Waals surface area contributed by atoms with E-state index in [0.29, 0.717) is 5.56 Å². The molecule has 1 amide bonds. The van der Waals surface area contributed by atoms with E-state index >= 15 is 0 Å². The lowest BCUT2D eigenvalue weighted by atomic mass is 10.1. The lowest BCUT2D eigenvalue weighted by Gasteiger charge is -2.17. The molecule has 2 aromatic carbocycles. The van der Waals surface area contributed by atoms with Crippen molar-refractivity contribution < 1.29 is 23.9 Å². The minimum absolute atomic E-state index is 0.0946. The predicted molar refractivity (Wildman–Crippen MR) is 95.6 cm³/mol.